The number of hydrogen-bond acceptors (Lipinski definition) is 3. The molecule has 0 atom stereocenters. The van der Waals surface area contributed by atoms with Gasteiger partial charge in [0.1, 0.15) is 0 Å². The first kappa shape index (κ1) is 16.2. The molecule has 0 spiro atoms. The minimum absolute atomic E-state index is 0. The molecule has 1 rings (SSSR count). The molecule has 0 aliphatic carbocycles. The second kappa shape index (κ2) is 7.10. The molecule has 6 heteroatoms. The van der Waals surface area contributed by atoms with E-state index in [1.807, 2.05) is 0 Å². The van der Waals surface area contributed by atoms with Crippen molar-refractivity contribution in [1.29, 1.82) is 0 Å². The quantitative estimate of drug-likeness (QED) is 0.521. The summed E-state index contributed by atoms with van der Waals surface area (Å²) in [6.07, 6.45) is 0. The molecule has 0 fully saturated rings. The van der Waals surface area contributed by atoms with Gasteiger partial charge in [-0.3, -0.25) is 0 Å². The van der Waals surface area contributed by atoms with Crippen LogP contribution in [0.2, 0.25) is 0 Å². The van der Waals surface area contributed by atoms with Gasteiger partial charge in [-0.2, -0.15) is 0 Å². The summed E-state index contributed by atoms with van der Waals surface area (Å²) >= 11 is 0. The molecular formula is C8H10KNO4. The first-order valence-electron chi connectivity index (χ1n) is 3.18. The van der Waals surface area contributed by atoms with Crippen molar-refractivity contribution in [2.45, 2.75) is 0 Å². The van der Waals surface area contributed by atoms with Crippen LogP contribution in [-0.2, 0) is 0 Å². The second-order valence-corrected chi connectivity index (χ2v) is 2.16. The van der Waals surface area contributed by atoms with Crippen molar-refractivity contribution >= 4 is 11.9 Å². The van der Waals surface area contributed by atoms with Gasteiger partial charge in [0, 0.05) is 0 Å². The molecule has 14 heavy (non-hydrogen) atoms. The summed E-state index contributed by atoms with van der Waals surface area (Å²) in [4.78, 5) is 20.9. The second-order valence-electron chi connectivity index (χ2n) is 2.16. The minimum Gasteiger partial charge on any atom is -1.00 e. The Balaban J connectivity index is -0.000000480. The largest absolute Gasteiger partial charge is 1.00 e. The summed E-state index contributed by atoms with van der Waals surface area (Å²) in [7, 11) is 0. The minimum atomic E-state index is -1.23. The van der Waals surface area contributed by atoms with Crippen LogP contribution in [0.15, 0.2) is 24.3 Å². The van der Waals surface area contributed by atoms with Crippen molar-refractivity contribution in [3.8, 4) is 0 Å². The average molecular weight is 223 g/mol. The van der Waals surface area contributed by atoms with Gasteiger partial charge in [0.2, 0.25) is 0 Å². The van der Waals surface area contributed by atoms with Crippen molar-refractivity contribution < 1.29 is 72.6 Å². The molecule has 0 amide bonds. The van der Waals surface area contributed by atoms with E-state index in [0.717, 1.165) is 0 Å². The van der Waals surface area contributed by atoms with Crippen LogP contribution in [0.5, 0.6) is 0 Å². The predicted molar refractivity (Wildman–Crippen MR) is 46.5 cm³/mol. The van der Waals surface area contributed by atoms with E-state index < -0.39 is 11.9 Å². The van der Waals surface area contributed by atoms with Gasteiger partial charge < -0.3 is 17.8 Å². The van der Waals surface area contributed by atoms with Crippen LogP contribution in [-0.4, -0.2) is 22.2 Å². The number of carboxylic acids is 2. The van der Waals surface area contributed by atoms with Crippen LogP contribution in [0, 0.1) is 0 Å². The molecule has 0 radical (unpaired) electrons. The zero-order chi connectivity index (χ0) is 9.14. The first-order valence-corrected chi connectivity index (χ1v) is 3.18. The van der Waals surface area contributed by atoms with Crippen LogP contribution in [0.4, 0.5) is 0 Å². The third-order valence-corrected chi connectivity index (χ3v) is 1.39. The molecule has 0 aliphatic rings. The Morgan fingerprint density at radius 2 is 1.29 bits per heavy atom. The van der Waals surface area contributed by atoms with E-state index >= 15 is 0 Å². The molecule has 0 saturated heterocycles. The molecule has 1 aromatic rings. The van der Waals surface area contributed by atoms with Crippen LogP contribution >= 0.6 is 0 Å². The number of aromatic carboxylic acids is 2. The molecule has 0 unspecified atom stereocenters. The van der Waals surface area contributed by atoms with Crippen molar-refractivity contribution in [2.24, 2.45) is 0 Å². The molecule has 1 aromatic carbocycles. The summed E-state index contributed by atoms with van der Waals surface area (Å²) in [6.45, 7) is 0. The topological polar surface area (TPSA) is 110 Å². The molecule has 5 nitrogen and oxygen atoms in total. The van der Waals surface area contributed by atoms with Crippen LogP contribution in [0.25, 0.3) is 0 Å². The number of carboxylic acid groups (broad SMARTS) is 2. The molecule has 0 bridgehead atoms. The normalized spacial score (nSPS) is 8.00. The summed E-state index contributed by atoms with van der Waals surface area (Å²) in [6, 6.07) is 5.48. The predicted octanol–water partition coefficient (Wildman–Crippen LogP) is -1.64. The van der Waals surface area contributed by atoms with Crippen LogP contribution in [0.3, 0.4) is 0 Å². The van der Waals surface area contributed by atoms with Gasteiger partial charge in [0.05, 0.1) is 11.1 Å². The Bertz CT molecular complexity index is 312. The Hall–Kier alpha value is -0.244. The number of hydrogen-bond donors (Lipinski definition) is 3. The SMILES string of the molecule is N.O=C(O)c1ccccc1C(=O)O.[H-].[K+]. The molecule has 5 N–H and O–H groups in total. The Morgan fingerprint density at radius 3 is 1.50 bits per heavy atom. The van der Waals surface area contributed by atoms with E-state index in [1.165, 1.54) is 24.3 Å². The summed E-state index contributed by atoms with van der Waals surface area (Å²) in [5.74, 6) is -2.46. The van der Waals surface area contributed by atoms with Gasteiger partial charge in [-0.25, -0.2) is 9.59 Å². The standard InChI is InChI=1S/C8H6O4.K.H3N.H/c9-7(10)5-3-1-2-4-6(5)8(11)12;;;/h1-4H,(H,9,10)(H,11,12);;1H3;/q;+1;;-1. The summed E-state index contributed by atoms with van der Waals surface area (Å²) < 4.78 is 0. The third-order valence-electron chi connectivity index (χ3n) is 1.39. The van der Waals surface area contributed by atoms with Crippen molar-refractivity contribution in [2.75, 3.05) is 0 Å². The van der Waals surface area contributed by atoms with Gasteiger partial charge in [-0.15, -0.1) is 0 Å². The van der Waals surface area contributed by atoms with Gasteiger partial charge in [0.25, 0.3) is 0 Å². The number of carbonyl (C=O) groups is 2. The first-order chi connectivity index (χ1) is 5.63. The van der Waals surface area contributed by atoms with Crippen molar-refractivity contribution in [1.82, 2.24) is 6.15 Å². The molecule has 0 heterocycles. The number of benzene rings is 1. The van der Waals surface area contributed by atoms with Crippen molar-refractivity contribution in [3.05, 3.63) is 35.4 Å². The Labute approximate surface area is 125 Å². The Kier molecular flexibility index (Phi) is 8.22. The van der Waals surface area contributed by atoms with E-state index in [1.54, 1.807) is 0 Å². The van der Waals surface area contributed by atoms with Crippen LogP contribution < -0.4 is 57.5 Å². The van der Waals surface area contributed by atoms with E-state index in [-0.39, 0.29) is 70.1 Å². The molecular weight excluding hydrogens is 213 g/mol. The maximum Gasteiger partial charge on any atom is 1.00 e. The van der Waals surface area contributed by atoms with Crippen molar-refractivity contribution in [3.63, 3.8) is 0 Å². The fourth-order valence-corrected chi connectivity index (χ4v) is 0.856. The van der Waals surface area contributed by atoms with Gasteiger partial charge >= 0.3 is 63.3 Å². The zero-order valence-electron chi connectivity index (χ0n) is 8.73. The summed E-state index contributed by atoms with van der Waals surface area (Å²) in [5.41, 5.74) is -0.380. The van der Waals surface area contributed by atoms with E-state index in [0.29, 0.717) is 0 Å². The van der Waals surface area contributed by atoms with Gasteiger partial charge in [-0.05, 0) is 12.1 Å². The monoisotopic (exact) mass is 223 g/mol. The molecule has 0 aliphatic heterocycles. The van der Waals surface area contributed by atoms with Gasteiger partial charge in [-0.1, -0.05) is 12.1 Å². The third kappa shape index (κ3) is 3.87. The van der Waals surface area contributed by atoms with E-state index in [4.69, 9.17) is 10.2 Å². The van der Waals surface area contributed by atoms with Crippen LogP contribution in [0.1, 0.15) is 22.1 Å². The molecule has 0 aromatic heterocycles. The fourth-order valence-electron chi connectivity index (χ4n) is 0.856. The number of rotatable bonds is 2. The van der Waals surface area contributed by atoms with E-state index in [2.05, 4.69) is 0 Å². The van der Waals surface area contributed by atoms with Gasteiger partial charge in [0.15, 0.2) is 0 Å². The zero-order valence-corrected chi connectivity index (χ0v) is 10.9. The molecule has 72 valence electrons. The summed E-state index contributed by atoms with van der Waals surface area (Å²) in [5, 5.41) is 17.1. The smallest absolute Gasteiger partial charge is 1.00 e. The maximum absolute atomic E-state index is 10.5. The molecule has 0 saturated carbocycles. The van der Waals surface area contributed by atoms with E-state index in [9.17, 15) is 9.59 Å². The maximum atomic E-state index is 10.5. The fraction of sp³-hybridized carbons (Fsp3) is 0. The Morgan fingerprint density at radius 1 is 1.00 bits per heavy atom. The average Bonchev–Trinajstić information content (AvgIpc) is 2.04.